The van der Waals surface area contributed by atoms with Crippen LogP contribution in [-0.4, -0.2) is 112 Å². The highest BCUT2D eigenvalue weighted by Crippen LogP contribution is 2.45. The third kappa shape index (κ3) is 7.61. The summed E-state index contributed by atoms with van der Waals surface area (Å²) in [6, 6.07) is 22.0. The number of likely N-dealkylation sites (tertiary alicyclic amines) is 2. The second-order valence-corrected chi connectivity index (χ2v) is 16.7. The Bertz CT molecular complexity index is 2020. The van der Waals surface area contributed by atoms with E-state index < -0.39 is 5.41 Å². The third-order valence-corrected chi connectivity index (χ3v) is 12.7. The minimum Gasteiger partial charge on any atom is -0.507 e. The third-order valence-electron chi connectivity index (χ3n) is 12.7. The number of aryl methyl sites for hydroxylation is 1. The zero-order valence-corrected chi connectivity index (χ0v) is 32.5. The molecule has 1 unspecified atom stereocenters. The van der Waals surface area contributed by atoms with E-state index >= 15 is 0 Å². The Hall–Kier alpha value is -5.30. The van der Waals surface area contributed by atoms with Gasteiger partial charge in [-0.15, -0.1) is 0 Å². The van der Waals surface area contributed by atoms with Crippen LogP contribution in [0.1, 0.15) is 51.1 Å². The molecule has 4 aromatic rings. The largest absolute Gasteiger partial charge is 0.507 e. The molecule has 7 heterocycles. The van der Waals surface area contributed by atoms with Crippen LogP contribution in [0.5, 0.6) is 5.75 Å². The molecule has 294 valence electrons. The van der Waals surface area contributed by atoms with Crippen LogP contribution in [0.2, 0.25) is 0 Å². The molecule has 3 amide bonds. The lowest BCUT2D eigenvalue weighted by Gasteiger charge is -2.62. The number of piperidine rings is 3. The van der Waals surface area contributed by atoms with Gasteiger partial charge in [0.25, 0.3) is 0 Å². The van der Waals surface area contributed by atoms with Crippen molar-refractivity contribution >= 4 is 29.1 Å². The van der Waals surface area contributed by atoms with Crippen molar-refractivity contribution in [1.82, 2.24) is 35.1 Å². The Labute approximate surface area is 328 Å². The van der Waals surface area contributed by atoms with Gasteiger partial charge in [-0.1, -0.05) is 37.3 Å². The lowest BCUT2D eigenvalue weighted by atomic mass is 9.68. The highest BCUT2D eigenvalue weighted by atomic mass is 16.3. The zero-order chi connectivity index (χ0) is 38.9. The number of carbonyl (C=O) groups is 3. The van der Waals surface area contributed by atoms with Gasteiger partial charge in [0, 0.05) is 101 Å². The average Bonchev–Trinajstić information content (AvgIpc) is 3.64. The number of nitrogens with zero attached hydrogens (tertiary/aromatic N) is 8. The van der Waals surface area contributed by atoms with E-state index in [1.54, 1.807) is 18.3 Å². The van der Waals surface area contributed by atoms with Gasteiger partial charge in [-0.25, -0.2) is 0 Å². The summed E-state index contributed by atoms with van der Waals surface area (Å²) in [5.41, 5.74) is 4.26. The molecule has 5 saturated heterocycles. The Balaban J connectivity index is 0.000000433. The SMILES string of the molecule is CC1CCC(=O)NC1=O.Cn1nccc1C1(C(=O)N2CC3(CN(CC4CCN(c5ccccc5)CC4)C3)C2)CCN(c2cnnc(-c3ccccc3O)c2)CC1. The van der Waals surface area contributed by atoms with Crippen LogP contribution in [0.15, 0.2) is 79.1 Å². The molecule has 0 saturated carbocycles. The van der Waals surface area contributed by atoms with E-state index in [1.165, 1.54) is 25.1 Å². The van der Waals surface area contributed by atoms with Crippen molar-refractivity contribution in [3.8, 4) is 17.0 Å². The number of aromatic nitrogens is 4. The van der Waals surface area contributed by atoms with Gasteiger partial charge < -0.3 is 24.7 Å². The molecule has 9 rings (SSSR count). The lowest BCUT2D eigenvalue weighted by molar-refractivity contribution is -0.167. The van der Waals surface area contributed by atoms with Crippen LogP contribution in [0.3, 0.4) is 0 Å². The molecule has 56 heavy (non-hydrogen) atoms. The van der Waals surface area contributed by atoms with E-state index in [1.807, 2.05) is 49.1 Å². The van der Waals surface area contributed by atoms with Gasteiger partial charge in [-0.05, 0) is 74.4 Å². The first-order valence-electron chi connectivity index (χ1n) is 20.1. The number of imide groups is 1. The maximum atomic E-state index is 14.4. The van der Waals surface area contributed by atoms with Crippen LogP contribution in [0.25, 0.3) is 11.3 Å². The number of nitrogens with one attached hydrogen (secondary N) is 1. The first kappa shape index (κ1) is 37.6. The van der Waals surface area contributed by atoms with E-state index in [2.05, 4.69) is 70.5 Å². The fraction of sp³-hybridized carbons (Fsp3) is 0.488. The molecule has 5 aliphatic rings. The predicted octanol–water partition coefficient (Wildman–Crippen LogP) is 4.24. The summed E-state index contributed by atoms with van der Waals surface area (Å²) in [7, 11) is 1.95. The van der Waals surface area contributed by atoms with Crippen molar-refractivity contribution in [3.05, 3.63) is 84.8 Å². The fourth-order valence-electron chi connectivity index (χ4n) is 9.54. The Morgan fingerprint density at radius 3 is 2.23 bits per heavy atom. The van der Waals surface area contributed by atoms with Crippen molar-refractivity contribution in [2.45, 2.75) is 50.9 Å². The van der Waals surface area contributed by atoms with E-state index in [0.29, 0.717) is 36.9 Å². The minimum atomic E-state index is -0.597. The van der Waals surface area contributed by atoms with Gasteiger partial charge in [0.05, 0.1) is 28.7 Å². The normalized spacial score (nSPS) is 22.1. The second-order valence-electron chi connectivity index (χ2n) is 16.7. The van der Waals surface area contributed by atoms with Gasteiger partial charge >= 0.3 is 0 Å². The second kappa shape index (κ2) is 15.7. The van der Waals surface area contributed by atoms with E-state index in [-0.39, 0.29) is 34.8 Å². The smallest absolute Gasteiger partial charge is 0.234 e. The fourth-order valence-corrected chi connectivity index (χ4v) is 9.54. The maximum Gasteiger partial charge on any atom is 0.234 e. The molecule has 13 heteroatoms. The van der Waals surface area contributed by atoms with Crippen molar-refractivity contribution in [3.63, 3.8) is 0 Å². The topological polar surface area (TPSA) is 140 Å². The molecule has 2 aromatic carbocycles. The first-order chi connectivity index (χ1) is 27.1. The first-order valence-corrected chi connectivity index (χ1v) is 20.1. The number of benzene rings is 2. The minimum absolute atomic E-state index is 0.0164. The number of hydrogen-bond donors (Lipinski definition) is 2. The Morgan fingerprint density at radius 1 is 0.875 bits per heavy atom. The lowest BCUT2D eigenvalue weighted by Crippen LogP contribution is -2.74. The van der Waals surface area contributed by atoms with Crippen LogP contribution in [-0.2, 0) is 26.8 Å². The summed E-state index contributed by atoms with van der Waals surface area (Å²) in [6.07, 6.45) is 8.69. The molecule has 1 atom stereocenters. The number of rotatable bonds is 7. The van der Waals surface area contributed by atoms with Crippen molar-refractivity contribution < 1.29 is 19.5 Å². The van der Waals surface area contributed by atoms with Crippen LogP contribution in [0.4, 0.5) is 11.4 Å². The number of amides is 3. The highest BCUT2D eigenvalue weighted by Gasteiger charge is 2.57. The quantitative estimate of drug-likeness (QED) is 0.263. The summed E-state index contributed by atoms with van der Waals surface area (Å²) in [6.45, 7) is 10.7. The molecular weight excluding hydrogens is 707 g/mol. The summed E-state index contributed by atoms with van der Waals surface area (Å²) in [5, 5.41) is 25.6. The Kier molecular flexibility index (Phi) is 10.5. The van der Waals surface area contributed by atoms with Crippen molar-refractivity contribution in [2.24, 2.45) is 24.3 Å². The molecule has 0 radical (unpaired) electrons. The van der Waals surface area contributed by atoms with Gasteiger partial charge in [-0.2, -0.15) is 15.3 Å². The molecule has 0 bridgehead atoms. The summed E-state index contributed by atoms with van der Waals surface area (Å²) in [5.74, 6) is 0.936. The standard InChI is InChI=1S/C37H44N8O2.C6H9NO2/c1-41-34(11-16-39-41)37(14-19-44(20-15-37)30-21-32(40-38-22-30)31-9-5-6-10-33(31)46)35(47)45-26-36(27-45)24-42(25-36)23-28-12-17-43(18-13-28)29-7-3-2-4-8-29;1-4-2-3-5(8)7-6(4)9/h2-11,16,21-22,28,46H,12-15,17-20,23-27H2,1H3;4H,2-3H2,1H3,(H,7,8,9). The molecule has 2 N–H and O–H groups in total. The molecule has 5 aliphatic heterocycles. The van der Waals surface area contributed by atoms with Crippen molar-refractivity contribution in [1.29, 1.82) is 0 Å². The summed E-state index contributed by atoms with van der Waals surface area (Å²) < 4.78 is 1.89. The molecular formula is C43H53N9O4. The molecule has 1 spiro atoms. The van der Waals surface area contributed by atoms with Crippen LogP contribution < -0.4 is 15.1 Å². The van der Waals surface area contributed by atoms with Gasteiger partial charge in [0.2, 0.25) is 17.7 Å². The Morgan fingerprint density at radius 2 is 1.57 bits per heavy atom. The van der Waals surface area contributed by atoms with E-state index in [9.17, 15) is 19.5 Å². The number of hydrogen-bond acceptors (Lipinski definition) is 10. The number of para-hydroxylation sites is 2. The van der Waals surface area contributed by atoms with E-state index in [0.717, 1.165) is 69.7 Å². The zero-order valence-electron chi connectivity index (χ0n) is 32.5. The summed E-state index contributed by atoms with van der Waals surface area (Å²) >= 11 is 0. The maximum absolute atomic E-state index is 14.4. The number of phenols is 1. The number of anilines is 2. The molecule has 0 aliphatic carbocycles. The number of phenolic OH excluding ortho intramolecular Hbond substituents is 1. The van der Waals surface area contributed by atoms with Crippen molar-refractivity contribution in [2.75, 3.05) is 68.7 Å². The highest BCUT2D eigenvalue weighted by molar-refractivity contribution is 5.98. The molecule has 13 nitrogen and oxygen atoms in total. The van der Waals surface area contributed by atoms with Crippen LogP contribution in [0, 0.1) is 17.3 Å². The van der Waals surface area contributed by atoms with E-state index in [4.69, 9.17) is 0 Å². The molecule has 2 aromatic heterocycles. The average molecular weight is 760 g/mol. The number of carbonyl (C=O) groups excluding carboxylic acids is 3. The van der Waals surface area contributed by atoms with Gasteiger partial charge in [-0.3, -0.25) is 24.4 Å². The predicted molar refractivity (Wildman–Crippen MR) is 214 cm³/mol. The monoisotopic (exact) mass is 759 g/mol. The van der Waals surface area contributed by atoms with Gasteiger partial charge in [0.15, 0.2) is 0 Å². The van der Waals surface area contributed by atoms with Gasteiger partial charge in [0.1, 0.15) is 5.75 Å². The summed E-state index contributed by atoms with van der Waals surface area (Å²) in [4.78, 5) is 45.2. The molecule has 5 fully saturated rings. The number of aromatic hydroxyl groups is 1. The van der Waals surface area contributed by atoms with Crippen LogP contribution >= 0.6 is 0 Å².